The van der Waals surface area contributed by atoms with Gasteiger partial charge in [0.15, 0.2) is 0 Å². The van der Waals surface area contributed by atoms with Crippen molar-refractivity contribution < 1.29 is 9.18 Å². The molecule has 2 rings (SSSR count). The van der Waals surface area contributed by atoms with Crippen molar-refractivity contribution in [1.29, 1.82) is 0 Å². The maximum absolute atomic E-state index is 13.3. The molecule has 5 heteroatoms. The van der Waals surface area contributed by atoms with Gasteiger partial charge in [0.25, 0.3) is 0 Å². The lowest BCUT2D eigenvalue weighted by Gasteiger charge is -2.07. The van der Waals surface area contributed by atoms with Crippen LogP contribution in [0.2, 0.25) is 0 Å². The molecule has 0 radical (unpaired) electrons. The number of halogens is 2. The number of hydrogen-bond acceptors (Lipinski definition) is 2. The van der Waals surface area contributed by atoms with Crippen molar-refractivity contribution in [2.75, 3.05) is 11.1 Å². The molecule has 0 bridgehead atoms. The second-order valence-electron chi connectivity index (χ2n) is 4.57. The van der Waals surface area contributed by atoms with Crippen LogP contribution in [0.5, 0.6) is 0 Å². The van der Waals surface area contributed by atoms with Crippen molar-refractivity contribution in [2.45, 2.75) is 6.92 Å². The lowest BCUT2D eigenvalue weighted by atomic mass is 10.2. The Morgan fingerprint density at radius 3 is 2.62 bits per heavy atom. The van der Waals surface area contributed by atoms with Crippen LogP contribution in [0.4, 0.5) is 15.8 Å². The standard InChI is InChI=1S/C16H14BrFN2O/c1-10-8-14(18)13(17)9-15(10)20-16(21)7-4-11-2-5-12(19)6-3-11/h2-9H,19H2,1H3,(H,20,21)/b7-4+. The number of anilines is 2. The molecule has 21 heavy (non-hydrogen) atoms. The van der Waals surface area contributed by atoms with E-state index in [1.54, 1.807) is 31.2 Å². The third-order valence-corrected chi connectivity index (χ3v) is 3.50. The predicted molar refractivity (Wildman–Crippen MR) is 87.4 cm³/mol. The molecule has 3 nitrogen and oxygen atoms in total. The molecule has 2 aromatic carbocycles. The maximum Gasteiger partial charge on any atom is 0.248 e. The Balaban J connectivity index is 2.08. The van der Waals surface area contributed by atoms with E-state index < -0.39 is 0 Å². The van der Waals surface area contributed by atoms with Gasteiger partial charge in [-0.3, -0.25) is 4.79 Å². The summed E-state index contributed by atoms with van der Waals surface area (Å²) in [5.74, 6) is -0.642. The Kier molecular flexibility index (Phi) is 4.75. The number of rotatable bonds is 3. The topological polar surface area (TPSA) is 55.1 Å². The number of benzene rings is 2. The first-order valence-corrected chi connectivity index (χ1v) is 7.05. The number of nitrogens with two attached hydrogens (primary N) is 1. The van der Waals surface area contributed by atoms with Gasteiger partial charge in [0.2, 0.25) is 5.91 Å². The molecule has 0 aliphatic heterocycles. The summed E-state index contributed by atoms with van der Waals surface area (Å²) in [6.45, 7) is 1.73. The highest BCUT2D eigenvalue weighted by Gasteiger charge is 2.06. The number of nitrogen functional groups attached to an aromatic ring is 1. The SMILES string of the molecule is Cc1cc(F)c(Br)cc1NC(=O)/C=C/c1ccc(N)cc1. The number of aryl methyl sites for hydroxylation is 1. The lowest BCUT2D eigenvalue weighted by molar-refractivity contribution is -0.111. The number of carbonyl (C=O) groups excluding carboxylic acids is 1. The van der Waals surface area contributed by atoms with Crippen LogP contribution in [0.3, 0.4) is 0 Å². The number of nitrogens with one attached hydrogen (secondary N) is 1. The Hall–Kier alpha value is -2.14. The highest BCUT2D eigenvalue weighted by atomic mass is 79.9. The number of amides is 1. The van der Waals surface area contributed by atoms with Gasteiger partial charge in [0.1, 0.15) is 5.82 Å². The largest absolute Gasteiger partial charge is 0.399 e. The van der Waals surface area contributed by atoms with Crippen LogP contribution in [-0.2, 0) is 4.79 Å². The van der Waals surface area contributed by atoms with E-state index in [4.69, 9.17) is 5.73 Å². The van der Waals surface area contributed by atoms with E-state index >= 15 is 0 Å². The smallest absolute Gasteiger partial charge is 0.248 e. The van der Waals surface area contributed by atoms with Crippen LogP contribution in [0, 0.1) is 12.7 Å². The molecule has 0 aromatic heterocycles. The summed E-state index contributed by atoms with van der Waals surface area (Å²) >= 11 is 3.10. The molecule has 0 saturated heterocycles. The van der Waals surface area contributed by atoms with Crippen molar-refractivity contribution in [2.24, 2.45) is 0 Å². The average molecular weight is 349 g/mol. The van der Waals surface area contributed by atoms with Crippen LogP contribution >= 0.6 is 15.9 Å². The van der Waals surface area contributed by atoms with Crippen molar-refractivity contribution >= 4 is 39.3 Å². The number of carbonyl (C=O) groups is 1. The number of hydrogen-bond donors (Lipinski definition) is 2. The van der Waals surface area contributed by atoms with Crippen LogP contribution in [0.25, 0.3) is 6.08 Å². The molecule has 0 spiro atoms. The molecular weight excluding hydrogens is 335 g/mol. The van der Waals surface area contributed by atoms with Crippen LogP contribution in [-0.4, -0.2) is 5.91 Å². The van der Waals surface area contributed by atoms with Gasteiger partial charge < -0.3 is 11.1 Å². The van der Waals surface area contributed by atoms with E-state index in [1.807, 2.05) is 12.1 Å². The van der Waals surface area contributed by atoms with Gasteiger partial charge in [-0.1, -0.05) is 12.1 Å². The van der Waals surface area contributed by atoms with Gasteiger partial charge in [-0.15, -0.1) is 0 Å². The predicted octanol–water partition coefficient (Wildman–Crippen LogP) is 4.13. The summed E-state index contributed by atoms with van der Waals surface area (Å²) in [6.07, 6.45) is 3.10. The van der Waals surface area contributed by atoms with Gasteiger partial charge in [0, 0.05) is 17.5 Å². The Morgan fingerprint density at radius 2 is 1.95 bits per heavy atom. The fraction of sp³-hybridized carbons (Fsp3) is 0.0625. The molecule has 108 valence electrons. The summed E-state index contributed by atoms with van der Waals surface area (Å²) in [4.78, 5) is 11.9. The van der Waals surface area contributed by atoms with Gasteiger partial charge in [-0.25, -0.2) is 4.39 Å². The maximum atomic E-state index is 13.3. The molecule has 0 saturated carbocycles. The average Bonchev–Trinajstić information content (AvgIpc) is 2.44. The summed E-state index contributed by atoms with van der Waals surface area (Å²) in [7, 11) is 0. The molecular formula is C16H14BrFN2O. The highest BCUT2D eigenvalue weighted by Crippen LogP contribution is 2.24. The van der Waals surface area contributed by atoms with E-state index in [1.165, 1.54) is 12.1 Å². The molecule has 0 aliphatic rings. The van der Waals surface area contributed by atoms with E-state index in [0.29, 0.717) is 21.4 Å². The van der Waals surface area contributed by atoms with Crippen molar-refractivity contribution in [1.82, 2.24) is 0 Å². The van der Waals surface area contributed by atoms with E-state index in [-0.39, 0.29) is 11.7 Å². The van der Waals surface area contributed by atoms with E-state index in [9.17, 15) is 9.18 Å². The summed E-state index contributed by atoms with van der Waals surface area (Å²) in [6, 6.07) is 10.1. The fourth-order valence-corrected chi connectivity index (χ4v) is 2.08. The lowest BCUT2D eigenvalue weighted by Crippen LogP contribution is -2.09. The molecule has 1 amide bonds. The quantitative estimate of drug-likeness (QED) is 0.647. The van der Waals surface area contributed by atoms with E-state index in [2.05, 4.69) is 21.2 Å². The highest BCUT2D eigenvalue weighted by molar-refractivity contribution is 9.10. The second-order valence-corrected chi connectivity index (χ2v) is 5.42. The summed E-state index contributed by atoms with van der Waals surface area (Å²) < 4.78 is 13.6. The Bertz CT molecular complexity index is 696. The van der Waals surface area contributed by atoms with Gasteiger partial charge in [-0.05, 0) is 64.3 Å². The minimum absolute atomic E-state index is 0.284. The summed E-state index contributed by atoms with van der Waals surface area (Å²) in [5.41, 5.74) is 8.35. The van der Waals surface area contributed by atoms with Crippen molar-refractivity contribution in [3.05, 3.63) is 63.9 Å². The molecule has 0 fully saturated rings. The van der Waals surface area contributed by atoms with Gasteiger partial charge in [-0.2, -0.15) is 0 Å². The fourth-order valence-electron chi connectivity index (χ4n) is 1.73. The second kappa shape index (κ2) is 6.54. The van der Waals surface area contributed by atoms with Crippen LogP contribution in [0.15, 0.2) is 46.9 Å². The monoisotopic (exact) mass is 348 g/mol. The molecule has 0 aliphatic carbocycles. The molecule has 0 atom stereocenters. The zero-order chi connectivity index (χ0) is 15.4. The van der Waals surface area contributed by atoms with Gasteiger partial charge >= 0.3 is 0 Å². The third kappa shape index (κ3) is 4.16. The Morgan fingerprint density at radius 1 is 1.29 bits per heavy atom. The zero-order valence-electron chi connectivity index (χ0n) is 11.4. The van der Waals surface area contributed by atoms with E-state index in [0.717, 1.165) is 5.56 Å². The Labute approximate surface area is 130 Å². The zero-order valence-corrected chi connectivity index (χ0v) is 12.9. The minimum Gasteiger partial charge on any atom is -0.399 e. The molecule has 3 N–H and O–H groups in total. The van der Waals surface area contributed by atoms with Crippen LogP contribution < -0.4 is 11.1 Å². The normalized spacial score (nSPS) is 10.8. The first kappa shape index (κ1) is 15.3. The van der Waals surface area contributed by atoms with Crippen LogP contribution in [0.1, 0.15) is 11.1 Å². The summed E-state index contributed by atoms with van der Waals surface area (Å²) in [5, 5.41) is 2.71. The van der Waals surface area contributed by atoms with Crippen molar-refractivity contribution in [3.63, 3.8) is 0 Å². The minimum atomic E-state index is -0.358. The molecule has 0 heterocycles. The van der Waals surface area contributed by atoms with Crippen molar-refractivity contribution in [3.8, 4) is 0 Å². The third-order valence-electron chi connectivity index (χ3n) is 2.89. The van der Waals surface area contributed by atoms with Gasteiger partial charge in [0.05, 0.1) is 4.47 Å². The molecule has 0 unspecified atom stereocenters. The first-order chi connectivity index (χ1) is 9.95. The first-order valence-electron chi connectivity index (χ1n) is 6.26. The molecule has 2 aromatic rings.